The summed E-state index contributed by atoms with van der Waals surface area (Å²) in [5.74, 6) is -2.83. The zero-order valence-corrected chi connectivity index (χ0v) is 11.3. The molecule has 0 aliphatic carbocycles. The number of carbonyl (C=O) groups is 3. The molecule has 0 saturated heterocycles. The monoisotopic (exact) mass is 283 g/mol. The minimum absolute atomic E-state index is 0.00498. The summed E-state index contributed by atoms with van der Waals surface area (Å²) < 4.78 is 0. The zero-order chi connectivity index (χ0) is 15.3. The minimum atomic E-state index is -1.25. The number of carboxylic acids is 2. The Morgan fingerprint density at radius 3 is 2.40 bits per heavy atom. The molecule has 0 aliphatic heterocycles. The topological polar surface area (TPSA) is 132 Å². The van der Waals surface area contributed by atoms with E-state index in [1.807, 2.05) is 0 Å². The van der Waals surface area contributed by atoms with Crippen molar-refractivity contribution >= 4 is 17.8 Å². The van der Waals surface area contributed by atoms with E-state index in [2.05, 4.69) is 15.5 Å². The van der Waals surface area contributed by atoms with Gasteiger partial charge in [0.05, 0.1) is 12.1 Å². The fourth-order valence-electron chi connectivity index (χ4n) is 1.77. The van der Waals surface area contributed by atoms with Crippen LogP contribution in [0.2, 0.25) is 0 Å². The molecule has 1 heterocycles. The van der Waals surface area contributed by atoms with Crippen LogP contribution >= 0.6 is 0 Å². The lowest BCUT2D eigenvalue weighted by Gasteiger charge is -2.13. The molecular weight excluding hydrogens is 266 g/mol. The molecule has 1 atom stereocenters. The summed E-state index contributed by atoms with van der Waals surface area (Å²) in [5.41, 5.74) is 2.13. The predicted molar refractivity (Wildman–Crippen MR) is 68.2 cm³/mol. The number of aliphatic carboxylic acids is 2. The van der Waals surface area contributed by atoms with Gasteiger partial charge in [-0.15, -0.1) is 0 Å². The molecule has 0 aliphatic rings. The van der Waals surface area contributed by atoms with Gasteiger partial charge in [-0.1, -0.05) is 0 Å². The van der Waals surface area contributed by atoms with Gasteiger partial charge in [0, 0.05) is 17.7 Å². The highest BCUT2D eigenvalue weighted by Gasteiger charge is 2.22. The van der Waals surface area contributed by atoms with Gasteiger partial charge in [0.25, 0.3) is 0 Å². The Bertz CT molecular complexity index is 504. The molecule has 1 amide bonds. The highest BCUT2D eigenvalue weighted by atomic mass is 16.4. The second-order valence-electron chi connectivity index (χ2n) is 4.48. The molecule has 0 aromatic carbocycles. The molecule has 8 heteroatoms. The number of aromatic nitrogens is 2. The third-order valence-corrected chi connectivity index (χ3v) is 2.90. The number of rotatable bonds is 7. The minimum Gasteiger partial charge on any atom is -0.481 e. The summed E-state index contributed by atoms with van der Waals surface area (Å²) in [6.07, 6.45) is -0.466. The quantitative estimate of drug-likeness (QED) is 0.557. The van der Waals surface area contributed by atoms with Crippen molar-refractivity contribution in [2.45, 2.75) is 39.2 Å². The van der Waals surface area contributed by atoms with E-state index in [1.165, 1.54) is 0 Å². The Labute approximate surface area is 115 Å². The van der Waals surface area contributed by atoms with Crippen molar-refractivity contribution in [2.24, 2.45) is 0 Å². The van der Waals surface area contributed by atoms with Crippen LogP contribution in [0.25, 0.3) is 0 Å². The van der Waals surface area contributed by atoms with Gasteiger partial charge in [0.1, 0.15) is 6.04 Å². The molecule has 0 bridgehead atoms. The predicted octanol–water partition coefficient (Wildman–Crippen LogP) is 0.00324. The fourth-order valence-corrected chi connectivity index (χ4v) is 1.77. The molecule has 20 heavy (non-hydrogen) atoms. The van der Waals surface area contributed by atoms with Crippen LogP contribution in [0.3, 0.4) is 0 Å². The van der Waals surface area contributed by atoms with Crippen molar-refractivity contribution in [3.8, 4) is 0 Å². The number of H-pyrrole nitrogens is 1. The summed E-state index contributed by atoms with van der Waals surface area (Å²) in [4.78, 5) is 33.2. The molecule has 0 saturated carbocycles. The van der Waals surface area contributed by atoms with Gasteiger partial charge in [-0.3, -0.25) is 14.7 Å². The standard InChI is InChI=1S/C12H17N3O5/c1-6-8(7(2)15-14-6)5-10(16)13-9(12(19)20)3-4-11(17)18/h9H,3-5H2,1-2H3,(H,13,16)(H,14,15)(H,17,18)(H,19,20)/t9-/m0/s1. The summed E-state index contributed by atoms with van der Waals surface area (Å²) in [6, 6.07) is -1.20. The third-order valence-electron chi connectivity index (χ3n) is 2.90. The van der Waals surface area contributed by atoms with E-state index < -0.39 is 23.9 Å². The van der Waals surface area contributed by atoms with Gasteiger partial charge in [-0.2, -0.15) is 5.10 Å². The first-order valence-corrected chi connectivity index (χ1v) is 6.05. The molecule has 1 aromatic rings. The number of amides is 1. The molecule has 0 fully saturated rings. The van der Waals surface area contributed by atoms with E-state index in [4.69, 9.17) is 10.2 Å². The Hall–Kier alpha value is -2.38. The van der Waals surface area contributed by atoms with Crippen LogP contribution in [0.15, 0.2) is 0 Å². The number of hydrogen-bond donors (Lipinski definition) is 4. The molecule has 0 radical (unpaired) electrons. The van der Waals surface area contributed by atoms with Crippen LogP contribution in [-0.4, -0.2) is 44.3 Å². The lowest BCUT2D eigenvalue weighted by molar-refractivity contribution is -0.143. The van der Waals surface area contributed by atoms with Crippen LogP contribution in [-0.2, 0) is 20.8 Å². The number of carboxylic acid groups (broad SMARTS) is 2. The Morgan fingerprint density at radius 1 is 1.30 bits per heavy atom. The summed E-state index contributed by atoms with van der Waals surface area (Å²) >= 11 is 0. The maximum absolute atomic E-state index is 11.8. The fraction of sp³-hybridized carbons (Fsp3) is 0.500. The largest absolute Gasteiger partial charge is 0.481 e. The lowest BCUT2D eigenvalue weighted by Crippen LogP contribution is -2.41. The molecule has 4 N–H and O–H groups in total. The number of nitrogens with zero attached hydrogens (tertiary/aromatic N) is 1. The summed E-state index contributed by atoms with van der Waals surface area (Å²) in [5, 5.41) is 26.5. The van der Waals surface area contributed by atoms with E-state index in [9.17, 15) is 14.4 Å². The molecule has 110 valence electrons. The number of hydrogen-bond acceptors (Lipinski definition) is 4. The molecule has 0 unspecified atom stereocenters. The van der Waals surface area contributed by atoms with E-state index in [1.54, 1.807) is 13.8 Å². The Kier molecular flexibility index (Phi) is 5.24. The average Bonchev–Trinajstić information content (AvgIpc) is 2.65. The molecular formula is C12H17N3O5. The van der Waals surface area contributed by atoms with Crippen LogP contribution in [0.4, 0.5) is 0 Å². The highest BCUT2D eigenvalue weighted by molar-refractivity contribution is 5.85. The molecule has 8 nitrogen and oxygen atoms in total. The van der Waals surface area contributed by atoms with Crippen molar-refractivity contribution < 1.29 is 24.6 Å². The van der Waals surface area contributed by atoms with Crippen LogP contribution in [0.5, 0.6) is 0 Å². The zero-order valence-electron chi connectivity index (χ0n) is 11.3. The third kappa shape index (κ3) is 4.38. The van der Waals surface area contributed by atoms with Gasteiger partial charge in [-0.25, -0.2) is 4.79 Å². The summed E-state index contributed by atoms with van der Waals surface area (Å²) in [6.45, 7) is 3.51. The molecule has 0 spiro atoms. The van der Waals surface area contributed by atoms with Gasteiger partial charge in [-0.05, 0) is 20.3 Å². The lowest BCUT2D eigenvalue weighted by atomic mass is 10.1. The van der Waals surface area contributed by atoms with Gasteiger partial charge in [0.2, 0.25) is 5.91 Å². The second-order valence-corrected chi connectivity index (χ2v) is 4.48. The van der Waals surface area contributed by atoms with Crippen molar-refractivity contribution in [3.05, 3.63) is 17.0 Å². The SMILES string of the molecule is Cc1n[nH]c(C)c1CC(=O)N[C@@H](CCC(=O)O)C(=O)O. The molecule has 1 rings (SSSR count). The van der Waals surface area contributed by atoms with Crippen molar-refractivity contribution in [1.29, 1.82) is 0 Å². The maximum atomic E-state index is 11.8. The van der Waals surface area contributed by atoms with Gasteiger partial charge < -0.3 is 15.5 Å². The van der Waals surface area contributed by atoms with E-state index in [-0.39, 0.29) is 19.3 Å². The second kappa shape index (κ2) is 6.69. The van der Waals surface area contributed by atoms with E-state index in [0.717, 1.165) is 5.69 Å². The van der Waals surface area contributed by atoms with Crippen molar-refractivity contribution in [3.63, 3.8) is 0 Å². The van der Waals surface area contributed by atoms with Crippen LogP contribution in [0, 0.1) is 13.8 Å². The first kappa shape index (κ1) is 15.7. The number of aryl methyl sites for hydroxylation is 2. The Balaban J connectivity index is 2.62. The van der Waals surface area contributed by atoms with Gasteiger partial charge in [0.15, 0.2) is 0 Å². The number of carbonyl (C=O) groups excluding carboxylic acids is 1. The average molecular weight is 283 g/mol. The first-order chi connectivity index (χ1) is 9.31. The van der Waals surface area contributed by atoms with Crippen LogP contribution in [0.1, 0.15) is 29.8 Å². The molecule has 1 aromatic heterocycles. The van der Waals surface area contributed by atoms with Crippen molar-refractivity contribution in [2.75, 3.05) is 0 Å². The van der Waals surface area contributed by atoms with E-state index >= 15 is 0 Å². The number of aromatic amines is 1. The smallest absolute Gasteiger partial charge is 0.326 e. The normalized spacial score (nSPS) is 11.9. The number of nitrogens with one attached hydrogen (secondary N) is 2. The Morgan fingerprint density at radius 2 is 1.95 bits per heavy atom. The van der Waals surface area contributed by atoms with Gasteiger partial charge >= 0.3 is 11.9 Å². The van der Waals surface area contributed by atoms with Crippen LogP contribution < -0.4 is 5.32 Å². The maximum Gasteiger partial charge on any atom is 0.326 e. The highest BCUT2D eigenvalue weighted by Crippen LogP contribution is 2.10. The first-order valence-electron chi connectivity index (χ1n) is 6.05. The van der Waals surface area contributed by atoms with E-state index in [0.29, 0.717) is 11.3 Å². The summed E-state index contributed by atoms with van der Waals surface area (Å²) in [7, 11) is 0. The van der Waals surface area contributed by atoms with Crippen molar-refractivity contribution in [1.82, 2.24) is 15.5 Å².